The maximum atomic E-state index is 12.4. The average molecular weight is 305 g/mol. The number of methoxy groups -OCH3 is 1. The van der Waals surface area contributed by atoms with E-state index >= 15 is 0 Å². The molecular formula is C14H18F3NO3. The van der Waals surface area contributed by atoms with Crippen molar-refractivity contribution < 1.29 is 27.8 Å². The van der Waals surface area contributed by atoms with Crippen LogP contribution in [0.15, 0.2) is 24.3 Å². The van der Waals surface area contributed by atoms with Crippen molar-refractivity contribution >= 4 is 0 Å². The summed E-state index contributed by atoms with van der Waals surface area (Å²) < 4.78 is 47.9. The van der Waals surface area contributed by atoms with Gasteiger partial charge in [-0.05, 0) is 17.7 Å². The molecule has 0 spiro atoms. The van der Waals surface area contributed by atoms with Crippen molar-refractivity contribution in [2.24, 2.45) is 0 Å². The molecule has 1 heterocycles. The fourth-order valence-electron chi connectivity index (χ4n) is 2.26. The summed E-state index contributed by atoms with van der Waals surface area (Å²) in [5.74, 6) is 0.670. The number of morpholine rings is 1. The van der Waals surface area contributed by atoms with Gasteiger partial charge in [0.2, 0.25) is 0 Å². The zero-order valence-corrected chi connectivity index (χ0v) is 11.6. The number of rotatable bonds is 4. The van der Waals surface area contributed by atoms with E-state index in [-0.39, 0.29) is 6.10 Å². The van der Waals surface area contributed by atoms with Gasteiger partial charge in [0.05, 0.1) is 19.8 Å². The topological polar surface area (TPSA) is 41.9 Å². The lowest BCUT2D eigenvalue weighted by Gasteiger charge is -2.34. The van der Waals surface area contributed by atoms with E-state index in [4.69, 9.17) is 14.6 Å². The van der Waals surface area contributed by atoms with Gasteiger partial charge in [-0.2, -0.15) is 13.2 Å². The number of nitrogens with zero attached hydrogens (tertiary/aromatic N) is 1. The third kappa shape index (κ3) is 4.33. The molecule has 0 amide bonds. The molecule has 1 fully saturated rings. The predicted molar refractivity (Wildman–Crippen MR) is 70.2 cm³/mol. The van der Waals surface area contributed by atoms with Crippen LogP contribution in [0.1, 0.15) is 11.7 Å². The van der Waals surface area contributed by atoms with Gasteiger partial charge in [-0.25, -0.2) is 0 Å². The summed E-state index contributed by atoms with van der Waals surface area (Å²) in [7, 11) is 1.55. The molecule has 0 bridgehead atoms. The van der Waals surface area contributed by atoms with E-state index in [0.29, 0.717) is 25.4 Å². The normalized spacial score (nSPS) is 22.0. The highest BCUT2D eigenvalue weighted by Gasteiger charge is 2.39. The van der Waals surface area contributed by atoms with Crippen molar-refractivity contribution in [1.82, 2.24) is 4.90 Å². The molecule has 0 aromatic heterocycles. The summed E-state index contributed by atoms with van der Waals surface area (Å²) >= 11 is 0. The smallest absolute Gasteiger partial charge is 0.415 e. The lowest BCUT2D eigenvalue weighted by Crippen LogP contribution is -2.46. The van der Waals surface area contributed by atoms with Crippen LogP contribution in [0.4, 0.5) is 13.2 Å². The van der Waals surface area contributed by atoms with Crippen LogP contribution in [0.3, 0.4) is 0 Å². The van der Waals surface area contributed by atoms with Crippen LogP contribution in [-0.2, 0) is 4.74 Å². The highest BCUT2D eigenvalue weighted by atomic mass is 19.4. The molecule has 0 aliphatic carbocycles. The van der Waals surface area contributed by atoms with Crippen LogP contribution in [0.2, 0.25) is 0 Å². The number of hydrogen-bond donors (Lipinski definition) is 1. The summed E-state index contributed by atoms with van der Waals surface area (Å²) in [5, 5.41) is 9.15. The summed E-state index contributed by atoms with van der Waals surface area (Å²) in [6.07, 6.45) is -7.25. The molecule has 118 valence electrons. The van der Waals surface area contributed by atoms with E-state index in [9.17, 15) is 13.2 Å². The van der Waals surface area contributed by atoms with Gasteiger partial charge in [-0.15, -0.1) is 0 Å². The molecule has 4 nitrogen and oxygen atoms in total. The van der Waals surface area contributed by atoms with Gasteiger partial charge in [-0.3, -0.25) is 4.90 Å². The van der Waals surface area contributed by atoms with E-state index in [1.165, 1.54) is 0 Å². The SMILES string of the molecule is COc1cccc([C@H]2CN(CC(O)C(F)(F)F)CCO2)c1. The third-order valence-corrected chi connectivity index (χ3v) is 3.43. The molecule has 21 heavy (non-hydrogen) atoms. The van der Waals surface area contributed by atoms with E-state index in [1.54, 1.807) is 30.2 Å². The number of aliphatic hydroxyl groups is 1. The Bertz CT molecular complexity index is 467. The van der Waals surface area contributed by atoms with E-state index in [2.05, 4.69) is 0 Å². The van der Waals surface area contributed by atoms with Crippen LogP contribution in [-0.4, -0.2) is 55.6 Å². The summed E-state index contributed by atoms with van der Waals surface area (Å²) in [5.41, 5.74) is 0.848. The lowest BCUT2D eigenvalue weighted by atomic mass is 10.1. The summed E-state index contributed by atoms with van der Waals surface area (Å²) in [6.45, 7) is 0.563. The predicted octanol–water partition coefficient (Wildman–Crippen LogP) is 1.99. The Hall–Kier alpha value is -1.31. The van der Waals surface area contributed by atoms with E-state index in [0.717, 1.165) is 5.56 Å². The van der Waals surface area contributed by atoms with Crippen molar-refractivity contribution in [3.63, 3.8) is 0 Å². The number of alkyl halides is 3. The second-order valence-electron chi connectivity index (χ2n) is 4.95. The van der Waals surface area contributed by atoms with Gasteiger partial charge in [-0.1, -0.05) is 12.1 Å². The average Bonchev–Trinajstić information content (AvgIpc) is 2.46. The quantitative estimate of drug-likeness (QED) is 0.924. The van der Waals surface area contributed by atoms with Crippen molar-refractivity contribution in [2.45, 2.75) is 18.4 Å². The fourth-order valence-corrected chi connectivity index (χ4v) is 2.26. The van der Waals surface area contributed by atoms with Crippen molar-refractivity contribution in [1.29, 1.82) is 0 Å². The molecule has 1 N–H and O–H groups in total. The molecule has 2 atom stereocenters. The zero-order chi connectivity index (χ0) is 15.5. The molecule has 2 rings (SSSR count). The van der Waals surface area contributed by atoms with Crippen molar-refractivity contribution in [2.75, 3.05) is 33.4 Å². The van der Waals surface area contributed by atoms with Crippen LogP contribution in [0, 0.1) is 0 Å². The van der Waals surface area contributed by atoms with Crippen molar-refractivity contribution in [3.05, 3.63) is 29.8 Å². The molecule has 1 aromatic rings. The molecule has 7 heteroatoms. The first-order chi connectivity index (χ1) is 9.90. The largest absolute Gasteiger partial charge is 0.497 e. The molecule has 1 aliphatic rings. The number of aliphatic hydroxyl groups excluding tert-OH is 1. The first-order valence-corrected chi connectivity index (χ1v) is 6.63. The van der Waals surface area contributed by atoms with Gasteiger partial charge in [0.25, 0.3) is 0 Å². The van der Waals surface area contributed by atoms with Crippen LogP contribution in [0.25, 0.3) is 0 Å². The minimum Gasteiger partial charge on any atom is -0.497 e. The standard InChI is InChI=1S/C14H18F3NO3/c1-20-11-4-2-3-10(7-11)12-8-18(5-6-21-12)9-13(19)14(15,16)17/h2-4,7,12-13,19H,5-6,8-9H2,1H3/t12-,13?/m1/s1. The minimum atomic E-state index is -4.59. The number of hydrogen-bond acceptors (Lipinski definition) is 4. The second kappa shape index (κ2) is 6.64. The monoisotopic (exact) mass is 305 g/mol. The van der Waals surface area contributed by atoms with Crippen LogP contribution >= 0.6 is 0 Å². The Morgan fingerprint density at radius 2 is 2.24 bits per heavy atom. The maximum Gasteiger partial charge on any atom is 0.415 e. The van der Waals surface area contributed by atoms with E-state index in [1.807, 2.05) is 6.07 Å². The number of β-amino-alcohol motifs (C(OH)–C–C–N with tert-alkyl or cyclic N) is 1. The zero-order valence-electron chi connectivity index (χ0n) is 11.6. The summed E-state index contributed by atoms with van der Waals surface area (Å²) in [6, 6.07) is 7.24. The number of benzene rings is 1. The van der Waals surface area contributed by atoms with Gasteiger partial charge in [0, 0.05) is 19.6 Å². The fraction of sp³-hybridized carbons (Fsp3) is 0.571. The molecule has 1 aromatic carbocycles. The first kappa shape index (κ1) is 16.1. The van der Waals surface area contributed by atoms with Crippen LogP contribution in [0.5, 0.6) is 5.75 Å². The molecule has 0 saturated carbocycles. The van der Waals surface area contributed by atoms with Crippen molar-refractivity contribution in [3.8, 4) is 5.75 Å². The van der Waals surface area contributed by atoms with E-state index < -0.39 is 18.8 Å². The molecule has 1 aliphatic heterocycles. The highest BCUT2D eigenvalue weighted by molar-refractivity contribution is 5.30. The maximum absolute atomic E-state index is 12.4. The van der Waals surface area contributed by atoms with Gasteiger partial charge >= 0.3 is 6.18 Å². The molecule has 1 unspecified atom stereocenters. The van der Waals surface area contributed by atoms with Gasteiger partial charge in [0.1, 0.15) is 5.75 Å². The number of halogens is 3. The summed E-state index contributed by atoms with van der Waals surface area (Å²) in [4.78, 5) is 1.56. The van der Waals surface area contributed by atoms with Gasteiger partial charge in [0.15, 0.2) is 6.10 Å². The molecule has 0 radical (unpaired) electrons. The molecular weight excluding hydrogens is 287 g/mol. The number of ether oxygens (including phenoxy) is 2. The minimum absolute atomic E-state index is 0.306. The van der Waals surface area contributed by atoms with Gasteiger partial charge < -0.3 is 14.6 Å². The Kier molecular flexibility index (Phi) is 5.08. The third-order valence-electron chi connectivity index (χ3n) is 3.43. The molecule has 1 saturated heterocycles. The Morgan fingerprint density at radius 3 is 2.90 bits per heavy atom. The second-order valence-corrected chi connectivity index (χ2v) is 4.95. The Balaban J connectivity index is 2.00. The lowest BCUT2D eigenvalue weighted by molar-refractivity contribution is -0.211. The Morgan fingerprint density at radius 1 is 1.48 bits per heavy atom. The first-order valence-electron chi connectivity index (χ1n) is 6.63. The van der Waals surface area contributed by atoms with Crippen LogP contribution < -0.4 is 4.74 Å². The Labute approximate surface area is 121 Å². The highest BCUT2D eigenvalue weighted by Crippen LogP contribution is 2.27.